The Labute approximate surface area is 138 Å². The third-order valence-corrected chi connectivity index (χ3v) is 4.55. The van der Waals surface area contributed by atoms with Gasteiger partial charge >= 0.3 is 0 Å². The molecule has 1 aromatic carbocycles. The largest absolute Gasteiger partial charge is 0.492 e. The Bertz CT molecular complexity index is 484. The van der Waals surface area contributed by atoms with Crippen LogP contribution in [0.4, 0.5) is 0 Å². The van der Waals surface area contributed by atoms with Crippen LogP contribution in [0.25, 0.3) is 0 Å². The molecule has 22 heavy (non-hydrogen) atoms. The molecule has 1 aliphatic rings. The van der Waals surface area contributed by atoms with Gasteiger partial charge in [-0.25, -0.2) is 0 Å². The fraction of sp³-hybridized carbons (Fsp3) is 0.647. The molecular formula is C17H27ClN2O2. The van der Waals surface area contributed by atoms with Crippen LogP contribution in [-0.4, -0.2) is 60.8 Å². The highest BCUT2D eigenvalue weighted by Crippen LogP contribution is 2.31. The highest BCUT2D eigenvalue weighted by molar-refractivity contribution is 6.32. The molecule has 0 aliphatic carbocycles. The molecule has 5 heteroatoms. The van der Waals surface area contributed by atoms with Crippen LogP contribution in [0.3, 0.4) is 0 Å². The number of hydrogen-bond donors (Lipinski definition) is 1. The number of ether oxygens (including phenoxy) is 1. The van der Waals surface area contributed by atoms with Gasteiger partial charge in [-0.15, -0.1) is 0 Å². The summed E-state index contributed by atoms with van der Waals surface area (Å²) >= 11 is 6.33. The van der Waals surface area contributed by atoms with E-state index in [4.69, 9.17) is 16.3 Å². The van der Waals surface area contributed by atoms with Crippen LogP contribution < -0.4 is 4.74 Å². The minimum atomic E-state index is -0.0126. The molecule has 0 saturated carbocycles. The predicted octanol–water partition coefficient (Wildman–Crippen LogP) is 2.80. The van der Waals surface area contributed by atoms with Crippen LogP contribution in [0.15, 0.2) is 18.2 Å². The van der Waals surface area contributed by atoms with Gasteiger partial charge in [0.1, 0.15) is 5.75 Å². The lowest BCUT2D eigenvalue weighted by Gasteiger charge is -2.42. The van der Waals surface area contributed by atoms with Crippen molar-refractivity contribution < 1.29 is 9.84 Å². The Hall–Kier alpha value is -0.810. The first-order valence-corrected chi connectivity index (χ1v) is 8.42. The summed E-state index contributed by atoms with van der Waals surface area (Å²) in [5.41, 5.74) is 1.05. The molecule has 0 bridgehead atoms. The van der Waals surface area contributed by atoms with Crippen molar-refractivity contribution >= 4 is 11.6 Å². The molecule has 124 valence electrons. The van der Waals surface area contributed by atoms with Crippen LogP contribution in [0.5, 0.6) is 5.75 Å². The van der Waals surface area contributed by atoms with Gasteiger partial charge in [-0.05, 0) is 38.1 Å². The Balaban J connectivity index is 2.15. The van der Waals surface area contributed by atoms with E-state index >= 15 is 0 Å². The second kappa shape index (κ2) is 8.16. The summed E-state index contributed by atoms with van der Waals surface area (Å²) < 4.78 is 5.62. The third-order valence-electron chi connectivity index (χ3n) is 4.26. The molecule has 0 aromatic heterocycles. The molecule has 1 heterocycles. The molecule has 1 fully saturated rings. The molecule has 1 aromatic rings. The van der Waals surface area contributed by atoms with Crippen molar-refractivity contribution in [3.8, 4) is 5.75 Å². The zero-order chi connectivity index (χ0) is 16.1. The van der Waals surface area contributed by atoms with Crippen LogP contribution in [0.2, 0.25) is 5.02 Å². The minimum Gasteiger partial charge on any atom is -0.492 e. The zero-order valence-electron chi connectivity index (χ0n) is 13.8. The van der Waals surface area contributed by atoms with E-state index in [1.54, 1.807) is 0 Å². The number of piperazine rings is 1. The van der Waals surface area contributed by atoms with Crippen molar-refractivity contribution in [1.29, 1.82) is 0 Å². The van der Waals surface area contributed by atoms with Crippen molar-refractivity contribution in [2.75, 3.05) is 39.9 Å². The Morgan fingerprint density at radius 2 is 2.18 bits per heavy atom. The van der Waals surface area contributed by atoms with Crippen LogP contribution in [0.1, 0.15) is 31.9 Å². The molecular weight excluding hydrogens is 300 g/mol. The standard InChI is InChI=1S/C17H27ClN2O2/c1-4-9-22-17-6-5-14(10-15(17)18)16(12-21)20-8-7-19(3)11-13(20)2/h5-6,10,13,16,21H,4,7-9,11-12H2,1-3H3. The van der Waals surface area contributed by atoms with Crippen LogP contribution in [0, 0.1) is 0 Å². The van der Waals surface area contributed by atoms with Gasteiger partial charge in [0.05, 0.1) is 24.3 Å². The molecule has 0 amide bonds. The summed E-state index contributed by atoms with van der Waals surface area (Å²) in [4.78, 5) is 4.68. The van der Waals surface area contributed by atoms with E-state index in [0.29, 0.717) is 17.7 Å². The number of halogens is 1. The second-order valence-corrected chi connectivity index (χ2v) is 6.49. The molecule has 2 unspecified atom stereocenters. The van der Waals surface area contributed by atoms with Crippen molar-refractivity contribution in [1.82, 2.24) is 9.80 Å². The zero-order valence-corrected chi connectivity index (χ0v) is 14.5. The summed E-state index contributed by atoms with van der Waals surface area (Å²) in [5.74, 6) is 0.718. The van der Waals surface area contributed by atoms with Gasteiger partial charge in [-0.3, -0.25) is 4.90 Å². The molecule has 2 atom stereocenters. The number of rotatable bonds is 6. The summed E-state index contributed by atoms with van der Waals surface area (Å²) in [7, 11) is 2.14. The van der Waals surface area contributed by atoms with E-state index in [1.165, 1.54) is 0 Å². The molecule has 1 saturated heterocycles. The lowest BCUT2D eigenvalue weighted by atomic mass is 10.0. The molecule has 4 nitrogen and oxygen atoms in total. The highest BCUT2D eigenvalue weighted by Gasteiger charge is 2.29. The maximum Gasteiger partial charge on any atom is 0.137 e. The molecule has 1 N–H and O–H groups in total. The topological polar surface area (TPSA) is 35.9 Å². The van der Waals surface area contributed by atoms with Gasteiger partial charge in [0, 0.05) is 25.7 Å². The fourth-order valence-electron chi connectivity index (χ4n) is 3.07. The summed E-state index contributed by atoms with van der Waals surface area (Å²) in [6, 6.07) is 6.25. The maximum atomic E-state index is 9.89. The van der Waals surface area contributed by atoms with Gasteiger partial charge < -0.3 is 14.7 Å². The quantitative estimate of drug-likeness (QED) is 0.872. The number of aliphatic hydroxyl groups is 1. The fourth-order valence-corrected chi connectivity index (χ4v) is 3.32. The number of hydrogen-bond acceptors (Lipinski definition) is 4. The van der Waals surface area contributed by atoms with Gasteiger partial charge in [-0.1, -0.05) is 24.6 Å². The average Bonchev–Trinajstić information content (AvgIpc) is 2.49. The van der Waals surface area contributed by atoms with Crippen molar-refractivity contribution in [3.63, 3.8) is 0 Å². The lowest BCUT2D eigenvalue weighted by molar-refractivity contribution is 0.0341. The molecule has 1 aliphatic heterocycles. The van der Waals surface area contributed by atoms with Gasteiger partial charge in [-0.2, -0.15) is 0 Å². The summed E-state index contributed by atoms with van der Waals surface area (Å²) in [6.07, 6.45) is 0.955. The molecule has 0 radical (unpaired) electrons. The first-order chi connectivity index (χ1) is 10.6. The van der Waals surface area contributed by atoms with E-state index < -0.39 is 0 Å². The Morgan fingerprint density at radius 1 is 1.41 bits per heavy atom. The lowest BCUT2D eigenvalue weighted by Crippen LogP contribution is -2.52. The van der Waals surface area contributed by atoms with Gasteiger partial charge in [0.15, 0.2) is 0 Å². The highest BCUT2D eigenvalue weighted by atomic mass is 35.5. The van der Waals surface area contributed by atoms with Gasteiger partial charge in [0.2, 0.25) is 0 Å². The second-order valence-electron chi connectivity index (χ2n) is 6.09. The van der Waals surface area contributed by atoms with E-state index in [2.05, 4.69) is 30.7 Å². The molecule has 0 spiro atoms. The Kier molecular flexibility index (Phi) is 6.50. The van der Waals surface area contributed by atoms with E-state index in [-0.39, 0.29) is 12.6 Å². The normalized spacial score (nSPS) is 21.8. The maximum absolute atomic E-state index is 9.89. The molecule has 2 rings (SSSR count). The van der Waals surface area contributed by atoms with E-state index in [1.807, 2.05) is 18.2 Å². The predicted molar refractivity (Wildman–Crippen MR) is 90.7 cm³/mol. The first kappa shape index (κ1) is 17.5. The number of benzene rings is 1. The first-order valence-electron chi connectivity index (χ1n) is 8.04. The smallest absolute Gasteiger partial charge is 0.137 e. The van der Waals surface area contributed by atoms with Crippen molar-refractivity contribution in [2.24, 2.45) is 0 Å². The van der Waals surface area contributed by atoms with E-state index in [9.17, 15) is 5.11 Å². The minimum absolute atomic E-state index is 0.0126. The Morgan fingerprint density at radius 3 is 2.77 bits per heavy atom. The van der Waals surface area contributed by atoms with Crippen LogP contribution >= 0.6 is 11.6 Å². The van der Waals surface area contributed by atoms with Gasteiger partial charge in [0.25, 0.3) is 0 Å². The number of nitrogens with zero attached hydrogens (tertiary/aromatic N) is 2. The average molecular weight is 327 g/mol. The number of aliphatic hydroxyl groups excluding tert-OH is 1. The monoisotopic (exact) mass is 326 g/mol. The third kappa shape index (κ3) is 4.13. The summed E-state index contributed by atoms with van der Waals surface area (Å²) in [5, 5.41) is 10.5. The van der Waals surface area contributed by atoms with Crippen molar-refractivity contribution in [3.05, 3.63) is 28.8 Å². The summed E-state index contributed by atoms with van der Waals surface area (Å²) in [6.45, 7) is 8.03. The number of likely N-dealkylation sites (N-methyl/N-ethyl adjacent to an activating group) is 1. The SMILES string of the molecule is CCCOc1ccc(C(CO)N2CCN(C)CC2C)cc1Cl. The van der Waals surface area contributed by atoms with Crippen LogP contribution in [-0.2, 0) is 0 Å². The van der Waals surface area contributed by atoms with Crippen molar-refractivity contribution in [2.45, 2.75) is 32.4 Å². The van der Waals surface area contributed by atoms with E-state index in [0.717, 1.165) is 37.4 Å².